The molecule has 0 unspecified atom stereocenters. The average Bonchev–Trinajstić information content (AvgIpc) is 3.28. The number of alkyl halides is 2. The number of anilines is 3. The zero-order valence-corrected chi connectivity index (χ0v) is 20.7. The van der Waals surface area contributed by atoms with Crippen molar-refractivity contribution in [1.82, 2.24) is 25.1 Å². The van der Waals surface area contributed by atoms with Gasteiger partial charge in [0.2, 0.25) is 5.95 Å². The molecule has 1 aliphatic heterocycles. The van der Waals surface area contributed by atoms with Crippen LogP contribution in [0.1, 0.15) is 31.9 Å². The van der Waals surface area contributed by atoms with Crippen LogP contribution in [0.2, 0.25) is 0 Å². The van der Waals surface area contributed by atoms with Gasteiger partial charge in [-0.25, -0.2) is 13.8 Å². The molecule has 0 saturated carbocycles. The minimum atomic E-state index is -2.65. The number of aromatic nitrogens is 4. The van der Waals surface area contributed by atoms with Gasteiger partial charge in [0.05, 0.1) is 19.2 Å². The van der Waals surface area contributed by atoms with E-state index in [1.165, 1.54) is 0 Å². The van der Waals surface area contributed by atoms with Crippen LogP contribution in [-0.4, -0.2) is 78.4 Å². The maximum atomic E-state index is 13.8. The van der Waals surface area contributed by atoms with Gasteiger partial charge in [0, 0.05) is 55.7 Å². The van der Waals surface area contributed by atoms with Gasteiger partial charge in [0.25, 0.3) is 5.92 Å². The summed E-state index contributed by atoms with van der Waals surface area (Å²) < 4.78 is 39.1. The number of hydrogen-bond acceptors (Lipinski definition) is 8. The maximum absolute atomic E-state index is 13.8. The highest BCUT2D eigenvalue weighted by molar-refractivity contribution is 5.94. The lowest BCUT2D eigenvalue weighted by Crippen LogP contribution is -2.40. The number of piperidine rings is 1. The predicted molar refractivity (Wildman–Crippen MR) is 132 cm³/mol. The van der Waals surface area contributed by atoms with Crippen molar-refractivity contribution in [3.63, 3.8) is 0 Å². The van der Waals surface area contributed by atoms with Crippen LogP contribution in [0.25, 0.3) is 10.9 Å². The Hall–Kier alpha value is -3.21. The number of aromatic amines is 1. The molecule has 3 heterocycles. The lowest BCUT2D eigenvalue weighted by molar-refractivity contribution is -0.0222. The number of fused-ring (bicyclic) bond motifs is 1. The highest BCUT2D eigenvalue weighted by atomic mass is 19.3. The number of benzene rings is 1. The third-order valence-electron chi connectivity index (χ3n) is 6.01. The molecule has 0 atom stereocenters. The van der Waals surface area contributed by atoms with Crippen molar-refractivity contribution < 1.29 is 18.3 Å². The molecule has 9 nitrogen and oxygen atoms in total. The summed E-state index contributed by atoms with van der Waals surface area (Å²) in [7, 11) is 5.62. The van der Waals surface area contributed by atoms with Crippen LogP contribution in [0.15, 0.2) is 18.2 Å². The highest BCUT2D eigenvalue weighted by Crippen LogP contribution is 2.37. The molecule has 0 aliphatic carbocycles. The number of ether oxygens (including phenoxy) is 2. The molecule has 4 rings (SSSR count). The van der Waals surface area contributed by atoms with Crippen molar-refractivity contribution in [1.29, 1.82) is 0 Å². The number of hydrogen-bond donors (Lipinski definition) is 2. The monoisotopic (exact) mass is 489 g/mol. The SMILES string of the molecule is CCc1cc(Nc2nc(N3CCC(F)(F)CC3)nc3cc(OCCCN(C)C)c(OC)cc23)n[nH]1. The topological polar surface area (TPSA) is 91.4 Å². The van der Waals surface area contributed by atoms with Gasteiger partial charge in [0.1, 0.15) is 5.82 Å². The number of rotatable bonds is 10. The fourth-order valence-electron chi connectivity index (χ4n) is 3.96. The van der Waals surface area contributed by atoms with Crippen molar-refractivity contribution in [2.45, 2.75) is 38.5 Å². The minimum Gasteiger partial charge on any atom is -0.493 e. The Bertz CT molecular complexity index is 1140. The van der Waals surface area contributed by atoms with E-state index in [4.69, 9.17) is 19.4 Å². The number of H-pyrrole nitrogens is 1. The van der Waals surface area contributed by atoms with E-state index in [-0.39, 0.29) is 25.9 Å². The molecule has 11 heteroatoms. The molecule has 1 fully saturated rings. The van der Waals surface area contributed by atoms with E-state index >= 15 is 0 Å². The lowest BCUT2D eigenvalue weighted by Gasteiger charge is -2.32. The van der Waals surface area contributed by atoms with Gasteiger partial charge < -0.3 is 24.6 Å². The second kappa shape index (κ2) is 10.6. The summed E-state index contributed by atoms with van der Waals surface area (Å²) in [5.41, 5.74) is 1.61. The van der Waals surface area contributed by atoms with Gasteiger partial charge in [0.15, 0.2) is 17.3 Å². The summed E-state index contributed by atoms with van der Waals surface area (Å²) in [6, 6.07) is 5.57. The maximum Gasteiger partial charge on any atom is 0.251 e. The van der Waals surface area contributed by atoms with Crippen molar-refractivity contribution in [2.24, 2.45) is 0 Å². The van der Waals surface area contributed by atoms with Crippen LogP contribution in [0, 0.1) is 0 Å². The first-order valence-corrected chi connectivity index (χ1v) is 11.9. The van der Waals surface area contributed by atoms with E-state index in [2.05, 4.69) is 20.4 Å². The molecule has 35 heavy (non-hydrogen) atoms. The van der Waals surface area contributed by atoms with Crippen LogP contribution in [0.5, 0.6) is 11.5 Å². The molecule has 190 valence electrons. The van der Waals surface area contributed by atoms with E-state index in [1.54, 1.807) is 12.0 Å². The number of methoxy groups -OCH3 is 1. The van der Waals surface area contributed by atoms with E-state index < -0.39 is 5.92 Å². The standard InChI is InChI=1S/C24H33F2N7O2/c1-5-16-13-21(31-30-16)28-22-17-14-19(34-4)20(35-12-6-9-32(2)3)15-18(17)27-23(29-22)33-10-7-24(25,26)8-11-33/h13-15H,5-12H2,1-4H3,(H2,27,28,29,30,31). The molecule has 2 N–H and O–H groups in total. The Morgan fingerprint density at radius 2 is 1.91 bits per heavy atom. The first kappa shape index (κ1) is 24.9. The Morgan fingerprint density at radius 1 is 1.14 bits per heavy atom. The van der Waals surface area contributed by atoms with Crippen molar-refractivity contribution >= 4 is 28.5 Å². The van der Waals surface area contributed by atoms with E-state index in [1.807, 2.05) is 39.2 Å². The summed E-state index contributed by atoms with van der Waals surface area (Å²) in [6.45, 7) is 3.83. The molecular formula is C24H33F2N7O2. The summed E-state index contributed by atoms with van der Waals surface area (Å²) in [6.07, 6.45) is 1.23. The van der Waals surface area contributed by atoms with Gasteiger partial charge in [-0.15, -0.1) is 0 Å². The van der Waals surface area contributed by atoms with E-state index in [9.17, 15) is 8.78 Å². The fourth-order valence-corrected chi connectivity index (χ4v) is 3.96. The Labute approximate surface area is 203 Å². The third kappa shape index (κ3) is 6.08. The third-order valence-corrected chi connectivity index (χ3v) is 6.01. The van der Waals surface area contributed by atoms with Gasteiger partial charge in [-0.05, 0) is 33.0 Å². The second-order valence-corrected chi connectivity index (χ2v) is 9.00. The normalized spacial score (nSPS) is 15.6. The molecule has 0 bridgehead atoms. The fraction of sp³-hybridized carbons (Fsp3) is 0.542. The van der Waals surface area contributed by atoms with Gasteiger partial charge in [-0.3, -0.25) is 5.10 Å². The van der Waals surface area contributed by atoms with Gasteiger partial charge in [-0.2, -0.15) is 10.1 Å². The van der Waals surface area contributed by atoms with Crippen LogP contribution >= 0.6 is 0 Å². The summed E-state index contributed by atoms with van der Waals surface area (Å²) in [5.74, 6) is 0.0182. The molecule has 3 aromatic rings. The Morgan fingerprint density at radius 3 is 2.57 bits per heavy atom. The smallest absolute Gasteiger partial charge is 0.251 e. The predicted octanol–water partition coefficient (Wildman–Crippen LogP) is 4.23. The molecule has 1 saturated heterocycles. The van der Waals surface area contributed by atoms with Crippen LogP contribution < -0.4 is 19.7 Å². The largest absolute Gasteiger partial charge is 0.493 e. The van der Waals surface area contributed by atoms with Crippen molar-refractivity contribution in [3.8, 4) is 11.5 Å². The number of aryl methyl sites for hydroxylation is 1. The molecule has 0 amide bonds. The van der Waals surface area contributed by atoms with Crippen LogP contribution in [0.4, 0.5) is 26.4 Å². The van der Waals surface area contributed by atoms with Crippen molar-refractivity contribution in [2.75, 3.05) is 57.7 Å². The van der Waals surface area contributed by atoms with Crippen LogP contribution in [0.3, 0.4) is 0 Å². The molecule has 1 aromatic carbocycles. The van der Waals surface area contributed by atoms with E-state index in [0.717, 1.165) is 30.5 Å². The first-order chi connectivity index (χ1) is 16.8. The quantitative estimate of drug-likeness (QED) is 0.409. The summed E-state index contributed by atoms with van der Waals surface area (Å²) in [5, 5.41) is 11.3. The molecule has 1 aliphatic rings. The van der Waals surface area contributed by atoms with Gasteiger partial charge in [-0.1, -0.05) is 6.92 Å². The zero-order valence-electron chi connectivity index (χ0n) is 20.7. The average molecular weight is 490 g/mol. The summed E-state index contributed by atoms with van der Waals surface area (Å²) in [4.78, 5) is 13.3. The Kier molecular flexibility index (Phi) is 7.54. The summed E-state index contributed by atoms with van der Waals surface area (Å²) >= 11 is 0. The Balaban J connectivity index is 1.70. The minimum absolute atomic E-state index is 0.185. The molecule has 2 aromatic heterocycles. The van der Waals surface area contributed by atoms with Crippen LogP contribution in [-0.2, 0) is 6.42 Å². The van der Waals surface area contributed by atoms with Gasteiger partial charge >= 0.3 is 0 Å². The number of nitrogens with one attached hydrogen (secondary N) is 2. The molecule has 0 radical (unpaired) electrons. The highest BCUT2D eigenvalue weighted by Gasteiger charge is 2.35. The number of halogens is 2. The lowest BCUT2D eigenvalue weighted by atomic mass is 10.1. The van der Waals surface area contributed by atoms with E-state index in [0.29, 0.717) is 41.2 Å². The second-order valence-electron chi connectivity index (χ2n) is 9.00. The molecular weight excluding hydrogens is 456 g/mol. The molecule has 0 spiro atoms. The van der Waals surface area contributed by atoms with Crippen molar-refractivity contribution in [3.05, 3.63) is 23.9 Å². The zero-order chi connectivity index (χ0) is 25.0. The first-order valence-electron chi connectivity index (χ1n) is 11.9. The number of nitrogens with zero attached hydrogens (tertiary/aromatic N) is 5.